The van der Waals surface area contributed by atoms with Gasteiger partial charge in [-0.25, -0.2) is 0 Å². The third-order valence-corrected chi connectivity index (χ3v) is 6.15. The minimum Gasteiger partial charge on any atom is -0.481 e. The van der Waals surface area contributed by atoms with Crippen LogP contribution in [0.5, 0.6) is 0 Å². The van der Waals surface area contributed by atoms with E-state index in [1.165, 1.54) is 0 Å². The zero-order valence-corrected chi connectivity index (χ0v) is 19.3. The molecule has 1 aromatic rings. The predicted octanol–water partition coefficient (Wildman–Crippen LogP) is 4.09. The minimum atomic E-state index is -0.847. The number of hydrogen-bond donors (Lipinski definition) is 2. The Morgan fingerprint density at radius 2 is 1.81 bits per heavy atom. The van der Waals surface area contributed by atoms with Gasteiger partial charge < -0.3 is 19.9 Å². The van der Waals surface area contributed by atoms with Gasteiger partial charge in [0.2, 0.25) is 5.91 Å². The normalized spacial score (nSPS) is 16.8. The van der Waals surface area contributed by atoms with Gasteiger partial charge in [-0.05, 0) is 38.2 Å². The quantitative estimate of drug-likeness (QED) is 0.417. The summed E-state index contributed by atoms with van der Waals surface area (Å²) in [7, 11) is 0. The molecule has 2 N–H and O–H groups in total. The Labute approximate surface area is 190 Å². The van der Waals surface area contributed by atoms with Crippen LogP contribution in [-0.4, -0.2) is 42.2 Å². The first kappa shape index (κ1) is 25.8. The number of amides is 1. The lowest BCUT2D eigenvalue weighted by atomic mass is 9.75. The number of carbonyl (C=O) groups is 3. The van der Waals surface area contributed by atoms with Crippen LogP contribution in [-0.2, 0) is 30.5 Å². The van der Waals surface area contributed by atoms with E-state index in [2.05, 4.69) is 5.32 Å². The van der Waals surface area contributed by atoms with E-state index in [-0.39, 0.29) is 25.5 Å². The van der Waals surface area contributed by atoms with Gasteiger partial charge in [-0.3, -0.25) is 14.4 Å². The smallest absolute Gasteiger partial charge is 0.307 e. The Hall–Kier alpha value is -2.41. The van der Waals surface area contributed by atoms with E-state index >= 15 is 0 Å². The van der Waals surface area contributed by atoms with E-state index in [1.807, 2.05) is 37.3 Å². The highest BCUT2D eigenvalue weighted by molar-refractivity contribution is 5.84. The number of rotatable bonds is 14. The fraction of sp³-hybridized carbons (Fsp3) is 0.640. The monoisotopic (exact) mass is 447 g/mol. The van der Waals surface area contributed by atoms with E-state index in [0.29, 0.717) is 32.3 Å². The molecule has 32 heavy (non-hydrogen) atoms. The lowest BCUT2D eigenvalue weighted by Gasteiger charge is -2.32. The van der Waals surface area contributed by atoms with E-state index in [9.17, 15) is 19.5 Å². The van der Waals surface area contributed by atoms with Crippen molar-refractivity contribution in [2.24, 2.45) is 11.3 Å². The fourth-order valence-corrected chi connectivity index (χ4v) is 4.51. The molecule has 1 aromatic carbocycles. The lowest BCUT2D eigenvalue weighted by Crippen LogP contribution is -2.48. The molecule has 0 spiro atoms. The van der Waals surface area contributed by atoms with Crippen LogP contribution in [0.1, 0.15) is 70.8 Å². The summed E-state index contributed by atoms with van der Waals surface area (Å²) in [6, 6.07) is 9.15. The number of esters is 1. The second-order valence-electron chi connectivity index (χ2n) is 8.70. The molecule has 1 aliphatic rings. The number of nitrogens with one attached hydrogen (secondary N) is 1. The number of carbonyl (C=O) groups excluding carboxylic acids is 2. The molecule has 0 bridgehead atoms. The van der Waals surface area contributed by atoms with Gasteiger partial charge in [0.15, 0.2) is 0 Å². The fourth-order valence-electron chi connectivity index (χ4n) is 4.51. The topological polar surface area (TPSA) is 102 Å². The second-order valence-corrected chi connectivity index (χ2v) is 8.70. The zero-order chi connectivity index (χ0) is 23.4. The Morgan fingerprint density at radius 3 is 2.41 bits per heavy atom. The van der Waals surface area contributed by atoms with Crippen molar-refractivity contribution < 1.29 is 29.0 Å². The molecule has 2 unspecified atom stereocenters. The van der Waals surface area contributed by atoms with E-state index in [0.717, 1.165) is 24.8 Å². The Bertz CT molecular complexity index is 729. The molecule has 7 heteroatoms. The van der Waals surface area contributed by atoms with Crippen molar-refractivity contribution in [2.45, 2.75) is 77.9 Å². The van der Waals surface area contributed by atoms with Crippen LogP contribution in [0.3, 0.4) is 0 Å². The molecule has 1 saturated carbocycles. The largest absolute Gasteiger partial charge is 0.481 e. The summed E-state index contributed by atoms with van der Waals surface area (Å²) in [5.41, 5.74) is 0.301. The number of aliphatic carboxylic acids is 1. The summed E-state index contributed by atoms with van der Waals surface area (Å²) >= 11 is 0. The maximum atomic E-state index is 13.4. The predicted molar refractivity (Wildman–Crippen MR) is 121 cm³/mol. The summed E-state index contributed by atoms with van der Waals surface area (Å²) in [6.07, 6.45) is 4.80. The summed E-state index contributed by atoms with van der Waals surface area (Å²) in [6.45, 7) is 4.51. The maximum absolute atomic E-state index is 13.4. The summed E-state index contributed by atoms with van der Waals surface area (Å²) in [4.78, 5) is 37.3. The van der Waals surface area contributed by atoms with Crippen molar-refractivity contribution in [3.05, 3.63) is 35.9 Å². The Morgan fingerprint density at radius 1 is 1.12 bits per heavy atom. The third kappa shape index (κ3) is 7.93. The second kappa shape index (κ2) is 13.2. The highest BCUT2D eigenvalue weighted by Crippen LogP contribution is 2.44. The highest BCUT2D eigenvalue weighted by atomic mass is 16.5. The minimum absolute atomic E-state index is 0.0156. The zero-order valence-electron chi connectivity index (χ0n) is 19.3. The van der Waals surface area contributed by atoms with Gasteiger partial charge in [0.1, 0.15) is 0 Å². The number of carboxylic acids is 1. The van der Waals surface area contributed by atoms with Crippen LogP contribution in [0.4, 0.5) is 0 Å². The number of carboxylic acid groups (broad SMARTS) is 1. The van der Waals surface area contributed by atoms with E-state index in [4.69, 9.17) is 9.47 Å². The van der Waals surface area contributed by atoms with Crippen molar-refractivity contribution in [1.29, 1.82) is 0 Å². The van der Waals surface area contributed by atoms with Crippen molar-refractivity contribution >= 4 is 17.8 Å². The standard InChI is InChI=1S/C25H37NO6/c1-3-10-20(23(28)29)16-25(13-8-9-14-25)24(30)26-21(15-22(27)32-4-2)18-31-17-19-11-6-5-7-12-19/h5-7,11-12,20-21H,3-4,8-10,13-18H2,1-2H3,(H,26,30)(H,28,29). The van der Waals surface area contributed by atoms with Crippen LogP contribution in [0.25, 0.3) is 0 Å². The summed E-state index contributed by atoms with van der Waals surface area (Å²) in [5, 5.41) is 12.6. The average Bonchev–Trinajstić information content (AvgIpc) is 3.24. The first-order chi connectivity index (χ1) is 15.4. The van der Waals surface area contributed by atoms with Crippen molar-refractivity contribution in [2.75, 3.05) is 13.2 Å². The maximum Gasteiger partial charge on any atom is 0.307 e. The van der Waals surface area contributed by atoms with Gasteiger partial charge in [0, 0.05) is 0 Å². The lowest BCUT2D eigenvalue weighted by molar-refractivity contribution is -0.145. The molecule has 0 saturated heterocycles. The molecule has 0 aliphatic heterocycles. The van der Waals surface area contributed by atoms with Crippen molar-refractivity contribution in [3.63, 3.8) is 0 Å². The molecule has 1 amide bonds. The third-order valence-electron chi connectivity index (χ3n) is 6.15. The van der Waals surface area contributed by atoms with Crippen LogP contribution < -0.4 is 5.32 Å². The van der Waals surface area contributed by atoms with Gasteiger partial charge in [-0.1, -0.05) is 56.5 Å². The Balaban J connectivity index is 2.07. The number of hydrogen-bond acceptors (Lipinski definition) is 5. The molecular weight excluding hydrogens is 410 g/mol. The number of ether oxygens (including phenoxy) is 2. The molecule has 7 nitrogen and oxygen atoms in total. The SMILES string of the molecule is CCCC(CC1(C(=O)NC(COCc2ccccc2)CC(=O)OCC)CCCC1)C(=O)O. The molecule has 1 fully saturated rings. The van der Waals surface area contributed by atoms with Crippen LogP contribution in [0.15, 0.2) is 30.3 Å². The first-order valence-electron chi connectivity index (χ1n) is 11.7. The van der Waals surface area contributed by atoms with Gasteiger partial charge >= 0.3 is 11.9 Å². The molecule has 1 aliphatic carbocycles. The van der Waals surface area contributed by atoms with Crippen LogP contribution in [0, 0.1) is 11.3 Å². The summed E-state index contributed by atoms with van der Waals surface area (Å²) < 4.78 is 10.9. The van der Waals surface area contributed by atoms with E-state index in [1.54, 1.807) is 6.92 Å². The number of benzene rings is 1. The van der Waals surface area contributed by atoms with Gasteiger partial charge in [0.25, 0.3) is 0 Å². The molecular formula is C25H37NO6. The van der Waals surface area contributed by atoms with Gasteiger partial charge in [-0.2, -0.15) is 0 Å². The molecule has 178 valence electrons. The Kier molecular flexibility index (Phi) is 10.7. The molecule has 2 atom stereocenters. The average molecular weight is 448 g/mol. The van der Waals surface area contributed by atoms with Gasteiger partial charge in [-0.15, -0.1) is 0 Å². The van der Waals surface area contributed by atoms with Crippen LogP contribution in [0.2, 0.25) is 0 Å². The van der Waals surface area contributed by atoms with Crippen molar-refractivity contribution in [1.82, 2.24) is 5.32 Å². The summed E-state index contributed by atoms with van der Waals surface area (Å²) in [5.74, 6) is -1.95. The molecule has 0 radical (unpaired) electrons. The van der Waals surface area contributed by atoms with Crippen LogP contribution >= 0.6 is 0 Å². The molecule has 0 heterocycles. The molecule has 2 rings (SSSR count). The first-order valence-corrected chi connectivity index (χ1v) is 11.7. The van der Waals surface area contributed by atoms with Gasteiger partial charge in [0.05, 0.1) is 43.6 Å². The highest BCUT2D eigenvalue weighted by Gasteiger charge is 2.44. The molecule has 0 aromatic heterocycles. The van der Waals surface area contributed by atoms with E-state index < -0.39 is 29.3 Å². The van der Waals surface area contributed by atoms with Crippen molar-refractivity contribution in [3.8, 4) is 0 Å².